The first-order chi connectivity index (χ1) is 13.7. The molecule has 0 radical (unpaired) electrons. The van der Waals surface area contributed by atoms with Gasteiger partial charge in [-0.05, 0) is 44.1 Å². The number of nitrogens with zero attached hydrogens (tertiary/aromatic N) is 3. The monoisotopic (exact) mass is 380 g/mol. The van der Waals surface area contributed by atoms with Gasteiger partial charge in [0.05, 0.1) is 0 Å². The highest BCUT2D eigenvalue weighted by Gasteiger charge is 2.37. The largest absolute Gasteiger partial charge is 0.299 e. The number of Topliss-reactive ketones (excluding diaryl/α,β-unsaturated/α-hetero) is 2. The summed E-state index contributed by atoms with van der Waals surface area (Å²) in [5.74, 6) is 1.01. The molecular formula is C22H28N4O2. The van der Waals surface area contributed by atoms with Crippen LogP contribution >= 0.6 is 0 Å². The van der Waals surface area contributed by atoms with Crippen LogP contribution in [-0.4, -0.2) is 32.2 Å². The van der Waals surface area contributed by atoms with Crippen molar-refractivity contribution in [3.8, 4) is 0 Å². The summed E-state index contributed by atoms with van der Waals surface area (Å²) in [6.45, 7) is 0. The van der Waals surface area contributed by atoms with Gasteiger partial charge in [0.1, 0.15) is 11.6 Å². The molecule has 0 saturated heterocycles. The third kappa shape index (κ3) is 5.94. The van der Waals surface area contributed by atoms with Gasteiger partial charge in [0.15, 0.2) is 5.82 Å². The molecule has 3 rings (SSSR count). The number of hydrogen-bond donors (Lipinski definition) is 1. The number of H-pyrrole nitrogens is 1. The molecule has 2 atom stereocenters. The number of carbonyl (C=O) groups is 2. The molecule has 1 aromatic heterocycles. The first-order valence-corrected chi connectivity index (χ1v) is 10.2. The van der Waals surface area contributed by atoms with E-state index in [1.807, 2.05) is 18.2 Å². The number of ketones is 2. The van der Waals surface area contributed by atoms with Crippen molar-refractivity contribution in [3.05, 3.63) is 53.9 Å². The van der Waals surface area contributed by atoms with Crippen molar-refractivity contribution in [1.82, 2.24) is 20.6 Å². The Balaban J connectivity index is 1.39. The van der Waals surface area contributed by atoms with Crippen molar-refractivity contribution in [2.75, 3.05) is 0 Å². The number of aromatic amines is 1. The number of benzene rings is 1. The minimum atomic E-state index is -0.127. The van der Waals surface area contributed by atoms with Gasteiger partial charge >= 0.3 is 0 Å². The summed E-state index contributed by atoms with van der Waals surface area (Å²) >= 11 is 0. The molecule has 0 amide bonds. The van der Waals surface area contributed by atoms with Crippen molar-refractivity contribution < 1.29 is 9.59 Å². The molecule has 1 saturated carbocycles. The molecule has 0 unspecified atom stereocenters. The molecular weight excluding hydrogens is 352 g/mol. The molecule has 6 heteroatoms. The zero-order chi connectivity index (χ0) is 19.6. The highest BCUT2D eigenvalue weighted by atomic mass is 16.1. The molecule has 1 heterocycles. The van der Waals surface area contributed by atoms with Gasteiger partial charge < -0.3 is 0 Å². The molecule has 1 aliphatic rings. The summed E-state index contributed by atoms with van der Waals surface area (Å²) in [4.78, 5) is 24.9. The van der Waals surface area contributed by atoms with Crippen molar-refractivity contribution in [2.45, 2.75) is 57.8 Å². The fourth-order valence-corrected chi connectivity index (χ4v) is 3.91. The van der Waals surface area contributed by atoms with Crippen LogP contribution in [0.25, 0.3) is 0 Å². The van der Waals surface area contributed by atoms with E-state index in [2.05, 4.69) is 44.9 Å². The number of aryl methyl sites for hydroxylation is 2. The second-order valence-corrected chi connectivity index (χ2v) is 7.45. The van der Waals surface area contributed by atoms with E-state index in [0.29, 0.717) is 19.3 Å². The number of aromatic nitrogens is 4. The van der Waals surface area contributed by atoms with Crippen LogP contribution in [0.1, 0.15) is 56.3 Å². The molecule has 148 valence electrons. The SMILES string of the molecule is O=C(CCCc1ccccc1)[C@H]1CCC(=O)[C@@H]1CC=CCCCc1nn[nH]n1. The third-order valence-corrected chi connectivity index (χ3v) is 5.46. The van der Waals surface area contributed by atoms with Crippen LogP contribution < -0.4 is 0 Å². The summed E-state index contributed by atoms with van der Waals surface area (Å²) < 4.78 is 0. The zero-order valence-corrected chi connectivity index (χ0v) is 16.2. The predicted molar refractivity (Wildman–Crippen MR) is 106 cm³/mol. The Hall–Kier alpha value is -2.63. The molecule has 1 N–H and O–H groups in total. The maximum absolute atomic E-state index is 12.7. The lowest BCUT2D eigenvalue weighted by atomic mass is 9.86. The Morgan fingerprint density at radius 1 is 1.14 bits per heavy atom. The minimum Gasteiger partial charge on any atom is -0.299 e. The highest BCUT2D eigenvalue weighted by molar-refractivity contribution is 5.93. The Morgan fingerprint density at radius 2 is 2.00 bits per heavy atom. The molecule has 2 aromatic rings. The molecule has 0 aliphatic heterocycles. The molecule has 28 heavy (non-hydrogen) atoms. The number of allylic oxidation sites excluding steroid dienone is 2. The lowest BCUT2D eigenvalue weighted by Gasteiger charge is -2.15. The van der Waals surface area contributed by atoms with Crippen LogP contribution in [0.5, 0.6) is 0 Å². The van der Waals surface area contributed by atoms with Crippen LogP contribution in [0.4, 0.5) is 0 Å². The summed E-state index contributed by atoms with van der Waals surface area (Å²) in [5.41, 5.74) is 1.26. The molecule has 1 aromatic carbocycles. The first-order valence-electron chi connectivity index (χ1n) is 10.2. The highest BCUT2D eigenvalue weighted by Crippen LogP contribution is 2.33. The van der Waals surface area contributed by atoms with Gasteiger partial charge in [0, 0.05) is 31.1 Å². The van der Waals surface area contributed by atoms with Gasteiger partial charge in [0.25, 0.3) is 0 Å². The number of hydrogen-bond acceptors (Lipinski definition) is 5. The Kier molecular flexibility index (Phi) is 7.64. The zero-order valence-electron chi connectivity index (χ0n) is 16.2. The van der Waals surface area contributed by atoms with E-state index in [4.69, 9.17) is 0 Å². The fraction of sp³-hybridized carbons (Fsp3) is 0.500. The van der Waals surface area contributed by atoms with Crippen LogP contribution in [0.15, 0.2) is 42.5 Å². The van der Waals surface area contributed by atoms with Crippen molar-refractivity contribution in [1.29, 1.82) is 0 Å². The topological polar surface area (TPSA) is 88.6 Å². The summed E-state index contributed by atoms with van der Waals surface area (Å²) in [5, 5.41) is 13.8. The average molecular weight is 380 g/mol. The minimum absolute atomic E-state index is 0.0905. The van der Waals surface area contributed by atoms with Crippen molar-refractivity contribution in [3.63, 3.8) is 0 Å². The smallest absolute Gasteiger partial charge is 0.174 e. The van der Waals surface area contributed by atoms with E-state index in [1.54, 1.807) is 0 Å². The number of carbonyl (C=O) groups excluding carboxylic acids is 2. The normalized spacial score (nSPS) is 19.5. The van der Waals surface area contributed by atoms with Gasteiger partial charge in [-0.25, -0.2) is 0 Å². The Labute approximate surface area is 165 Å². The van der Waals surface area contributed by atoms with Gasteiger partial charge in [-0.3, -0.25) is 9.59 Å². The van der Waals surface area contributed by atoms with Gasteiger partial charge in [0.2, 0.25) is 0 Å². The van der Waals surface area contributed by atoms with Crippen LogP contribution in [0.2, 0.25) is 0 Å². The van der Waals surface area contributed by atoms with Crippen molar-refractivity contribution in [2.24, 2.45) is 11.8 Å². The second kappa shape index (κ2) is 10.6. The number of nitrogens with one attached hydrogen (secondary N) is 1. The molecule has 0 spiro atoms. The van der Waals surface area contributed by atoms with E-state index in [1.165, 1.54) is 5.56 Å². The second-order valence-electron chi connectivity index (χ2n) is 7.45. The lowest BCUT2D eigenvalue weighted by Crippen LogP contribution is -2.22. The van der Waals surface area contributed by atoms with Crippen LogP contribution in [0.3, 0.4) is 0 Å². The number of unbranched alkanes of at least 4 members (excludes halogenated alkanes) is 1. The quantitative estimate of drug-likeness (QED) is 0.475. The molecule has 6 nitrogen and oxygen atoms in total. The molecule has 1 fully saturated rings. The molecule has 0 bridgehead atoms. The predicted octanol–water partition coefficient (Wildman–Crippen LogP) is 3.66. The number of rotatable bonds is 11. The van der Waals surface area contributed by atoms with Crippen molar-refractivity contribution >= 4 is 11.6 Å². The number of tetrazole rings is 1. The first kappa shape index (κ1) is 20.1. The standard InChI is InChI=1S/C22H28N4O2/c27-20(13-8-11-17-9-4-3-5-10-17)19-15-16-21(28)18(19)12-6-1-2-7-14-22-23-25-26-24-22/h1,3-6,9-10,18-19H,2,7-8,11-16H2,(H,23,24,25,26)/t18-,19+/m1/s1. The van der Waals surface area contributed by atoms with Gasteiger partial charge in [-0.2, -0.15) is 5.21 Å². The summed E-state index contributed by atoms with van der Waals surface area (Å²) in [6, 6.07) is 10.2. The van der Waals surface area contributed by atoms with Crippen LogP contribution in [-0.2, 0) is 22.4 Å². The van der Waals surface area contributed by atoms with Gasteiger partial charge in [-0.1, -0.05) is 47.7 Å². The maximum Gasteiger partial charge on any atom is 0.174 e. The third-order valence-electron chi connectivity index (χ3n) is 5.46. The van der Waals surface area contributed by atoms with E-state index in [9.17, 15) is 9.59 Å². The van der Waals surface area contributed by atoms with E-state index >= 15 is 0 Å². The fourth-order valence-electron chi connectivity index (χ4n) is 3.91. The van der Waals surface area contributed by atoms with E-state index in [-0.39, 0.29) is 23.4 Å². The van der Waals surface area contributed by atoms with Crippen LogP contribution in [0, 0.1) is 11.8 Å². The van der Waals surface area contributed by atoms with Gasteiger partial charge in [-0.15, -0.1) is 10.2 Å². The van der Waals surface area contributed by atoms with E-state index < -0.39 is 0 Å². The summed E-state index contributed by atoms with van der Waals surface area (Å²) in [7, 11) is 0. The molecule has 1 aliphatic carbocycles. The maximum atomic E-state index is 12.7. The lowest BCUT2D eigenvalue weighted by molar-refractivity contribution is -0.128. The summed E-state index contributed by atoms with van der Waals surface area (Å²) in [6.07, 6.45) is 11.1. The Bertz CT molecular complexity index is 771. The van der Waals surface area contributed by atoms with E-state index in [0.717, 1.165) is 44.3 Å². The average Bonchev–Trinajstić information content (AvgIpc) is 3.35. The Morgan fingerprint density at radius 3 is 2.79 bits per heavy atom.